The van der Waals surface area contributed by atoms with Crippen molar-refractivity contribution < 1.29 is 19.8 Å². The zero-order chi connectivity index (χ0) is 12.5. The van der Waals surface area contributed by atoms with Gasteiger partial charge in [-0.2, -0.15) is 0 Å². The summed E-state index contributed by atoms with van der Waals surface area (Å²) >= 11 is 11.3. The summed E-state index contributed by atoms with van der Waals surface area (Å²) in [5.74, 6) is -2.89. The lowest BCUT2D eigenvalue weighted by Gasteiger charge is -2.32. The number of aliphatic hydroxyl groups is 1. The van der Waals surface area contributed by atoms with Crippen LogP contribution < -0.4 is 0 Å². The van der Waals surface area contributed by atoms with Crippen LogP contribution >= 0.6 is 23.2 Å². The second kappa shape index (κ2) is 4.57. The van der Waals surface area contributed by atoms with Crippen molar-refractivity contribution in [2.24, 2.45) is 5.92 Å². The van der Waals surface area contributed by atoms with E-state index in [0.29, 0.717) is 0 Å². The van der Waals surface area contributed by atoms with Crippen molar-refractivity contribution in [2.75, 3.05) is 0 Å². The Morgan fingerprint density at radius 3 is 2.56 bits per heavy atom. The molecule has 0 amide bonds. The monoisotopic (exact) mass is 264 g/mol. The predicted octanol–water partition coefficient (Wildman–Crippen LogP) is 1.66. The summed E-state index contributed by atoms with van der Waals surface area (Å²) in [5.41, 5.74) is -1.91. The fourth-order valence-electron chi connectivity index (χ4n) is 1.57. The first-order valence-electron chi connectivity index (χ1n) is 4.58. The van der Waals surface area contributed by atoms with E-state index in [1.165, 1.54) is 0 Å². The molecule has 0 saturated heterocycles. The van der Waals surface area contributed by atoms with Crippen LogP contribution in [0, 0.1) is 5.92 Å². The van der Waals surface area contributed by atoms with Gasteiger partial charge in [0.2, 0.25) is 0 Å². The van der Waals surface area contributed by atoms with E-state index in [9.17, 15) is 14.7 Å². The Bertz CT molecular complexity index is 400. The number of hydrogen-bond acceptors (Lipinski definition) is 3. The minimum Gasteiger partial charge on any atom is -0.481 e. The van der Waals surface area contributed by atoms with Gasteiger partial charge in [0.1, 0.15) is 5.60 Å². The Morgan fingerprint density at radius 1 is 1.56 bits per heavy atom. The van der Waals surface area contributed by atoms with Crippen LogP contribution in [0.1, 0.15) is 13.3 Å². The minimum atomic E-state index is -1.91. The van der Waals surface area contributed by atoms with Gasteiger partial charge in [-0.15, -0.1) is 0 Å². The molecular weight excluding hydrogens is 255 g/mol. The molecule has 0 aromatic rings. The second-order valence-corrected chi connectivity index (χ2v) is 4.29. The van der Waals surface area contributed by atoms with Gasteiger partial charge in [0, 0.05) is 6.08 Å². The van der Waals surface area contributed by atoms with Crippen LogP contribution in [-0.2, 0) is 9.59 Å². The van der Waals surface area contributed by atoms with Crippen molar-refractivity contribution in [1.82, 2.24) is 0 Å². The van der Waals surface area contributed by atoms with Gasteiger partial charge in [-0.1, -0.05) is 30.1 Å². The Balaban J connectivity index is 3.23. The van der Waals surface area contributed by atoms with E-state index in [0.717, 1.165) is 12.2 Å². The molecule has 0 fully saturated rings. The maximum absolute atomic E-state index is 11.2. The molecule has 1 aliphatic rings. The molecule has 2 N–H and O–H groups in total. The number of rotatable bonds is 3. The molecule has 0 radical (unpaired) electrons. The number of carboxylic acid groups (broad SMARTS) is 1. The molecule has 4 nitrogen and oxygen atoms in total. The predicted molar refractivity (Wildman–Crippen MR) is 59.2 cm³/mol. The molecule has 6 heteroatoms. The number of carbonyl (C=O) groups excluding carboxylic acids is 1. The molecule has 0 bridgehead atoms. The first kappa shape index (κ1) is 13.2. The number of carbonyl (C=O) groups is 2. The fraction of sp³-hybridized carbons (Fsp3) is 0.400. The van der Waals surface area contributed by atoms with Crippen molar-refractivity contribution in [3.8, 4) is 0 Å². The first-order chi connectivity index (χ1) is 7.32. The molecule has 2 atom stereocenters. The largest absolute Gasteiger partial charge is 0.481 e. The van der Waals surface area contributed by atoms with Crippen LogP contribution in [0.5, 0.6) is 0 Å². The SMILES string of the molecule is CCC(C(=O)O)C1(O)C=C(Cl)C(=O)C=C1Cl. The zero-order valence-electron chi connectivity index (χ0n) is 8.41. The molecular formula is C10H10Cl2O4. The van der Waals surface area contributed by atoms with Gasteiger partial charge in [-0.05, 0) is 12.5 Å². The molecule has 0 aromatic carbocycles. The van der Waals surface area contributed by atoms with Crippen molar-refractivity contribution in [3.63, 3.8) is 0 Å². The lowest BCUT2D eigenvalue weighted by molar-refractivity contribution is -0.147. The van der Waals surface area contributed by atoms with Crippen LogP contribution in [0.25, 0.3) is 0 Å². The third-order valence-electron chi connectivity index (χ3n) is 2.46. The van der Waals surface area contributed by atoms with Crippen molar-refractivity contribution in [1.29, 1.82) is 0 Å². The standard InChI is InChI=1S/C10H10Cl2O4/c1-2-5(9(14)15)10(16)4-6(11)7(13)3-8(10)12/h3-5,16H,2H2,1H3,(H,14,15). The normalized spacial score (nSPS) is 27.1. The fourth-order valence-corrected chi connectivity index (χ4v) is 2.08. The molecule has 0 aromatic heterocycles. The highest BCUT2D eigenvalue weighted by Gasteiger charge is 2.44. The maximum Gasteiger partial charge on any atom is 0.310 e. The van der Waals surface area contributed by atoms with Gasteiger partial charge in [0.15, 0.2) is 5.78 Å². The summed E-state index contributed by atoms with van der Waals surface area (Å²) < 4.78 is 0. The topological polar surface area (TPSA) is 74.6 Å². The Kier molecular flexibility index (Phi) is 3.78. The summed E-state index contributed by atoms with van der Waals surface area (Å²) in [7, 11) is 0. The van der Waals surface area contributed by atoms with Gasteiger partial charge >= 0.3 is 5.97 Å². The highest BCUT2D eigenvalue weighted by atomic mass is 35.5. The quantitative estimate of drug-likeness (QED) is 0.813. The van der Waals surface area contributed by atoms with Crippen LogP contribution in [0.4, 0.5) is 0 Å². The Labute approximate surface area is 102 Å². The van der Waals surface area contributed by atoms with E-state index < -0.39 is 23.3 Å². The van der Waals surface area contributed by atoms with E-state index in [1.54, 1.807) is 6.92 Å². The van der Waals surface area contributed by atoms with Crippen LogP contribution in [0.3, 0.4) is 0 Å². The number of halogens is 2. The van der Waals surface area contributed by atoms with E-state index in [4.69, 9.17) is 28.3 Å². The highest BCUT2D eigenvalue weighted by Crippen LogP contribution is 2.37. The molecule has 0 saturated carbocycles. The molecule has 1 rings (SSSR count). The summed E-state index contributed by atoms with van der Waals surface area (Å²) in [6.45, 7) is 1.60. The third-order valence-corrected chi connectivity index (χ3v) is 3.17. The number of carboxylic acids is 1. The summed E-state index contributed by atoms with van der Waals surface area (Å²) in [4.78, 5) is 22.1. The van der Waals surface area contributed by atoms with Crippen LogP contribution in [0.15, 0.2) is 22.2 Å². The van der Waals surface area contributed by atoms with Gasteiger partial charge in [0.25, 0.3) is 0 Å². The zero-order valence-corrected chi connectivity index (χ0v) is 9.92. The molecule has 16 heavy (non-hydrogen) atoms. The first-order valence-corrected chi connectivity index (χ1v) is 5.34. The van der Waals surface area contributed by atoms with E-state index in [1.807, 2.05) is 0 Å². The van der Waals surface area contributed by atoms with Crippen molar-refractivity contribution >= 4 is 35.0 Å². The molecule has 0 spiro atoms. The molecule has 88 valence electrons. The minimum absolute atomic E-state index is 0.157. The number of hydrogen-bond donors (Lipinski definition) is 2. The van der Waals surface area contributed by atoms with Gasteiger partial charge in [0.05, 0.1) is 16.0 Å². The molecule has 2 unspecified atom stereocenters. The third kappa shape index (κ3) is 2.14. The second-order valence-electron chi connectivity index (χ2n) is 3.47. The van der Waals surface area contributed by atoms with Crippen molar-refractivity contribution in [2.45, 2.75) is 18.9 Å². The highest BCUT2D eigenvalue weighted by molar-refractivity contribution is 6.46. The number of allylic oxidation sites excluding steroid dienone is 2. The van der Waals surface area contributed by atoms with Gasteiger partial charge in [-0.25, -0.2) is 0 Å². The van der Waals surface area contributed by atoms with E-state index in [2.05, 4.69) is 0 Å². The average Bonchev–Trinajstić information content (AvgIpc) is 2.15. The Hall–Kier alpha value is -0.840. The molecule has 1 aliphatic carbocycles. The summed E-state index contributed by atoms with van der Waals surface area (Å²) in [5, 5.41) is 18.7. The molecule has 0 aliphatic heterocycles. The lowest BCUT2D eigenvalue weighted by Crippen LogP contribution is -2.43. The van der Waals surface area contributed by atoms with Crippen LogP contribution in [0.2, 0.25) is 0 Å². The Morgan fingerprint density at radius 2 is 2.12 bits per heavy atom. The van der Waals surface area contributed by atoms with E-state index >= 15 is 0 Å². The van der Waals surface area contributed by atoms with Gasteiger partial charge < -0.3 is 10.2 Å². The lowest BCUT2D eigenvalue weighted by atomic mass is 9.82. The van der Waals surface area contributed by atoms with Gasteiger partial charge in [-0.3, -0.25) is 9.59 Å². The summed E-state index contributed by atoms with van der Waals surface area (Å²) in [6, 6.07) is 0. The summed E-state index contributed by atoms with van der Waals surface area (Å²) in [6.07, 6.45) is 2.09. The maximum atomic E-state index is 11.2. The molecule has 0 heterocycles. The number of aliphatic carboxylic acids is 1. The van der Waals surface area contributed by atoms with Crippen molar-refractivity contribution in [3.05, 3.63) is 22.2 Å². The number of ketones is 1. The van der Waals surface area contributed by atoms with Crippen LogP contribution in [-0.4, -0.2) is 27.6 Å². The average molecular weight is 265 g/mol. The van der Waals surface area contributed by atoms with E-state index in [-0.39, 0.29) is 16.5 Å². The smallest absolute Gasteiger partial charge is 0.310 e.